The Hall–Kier alpha value is -1.66. The monoisotopic (exact) mass is 242 g/mol. The van der Waals surface area contributed by atoms with E-state index in [1.54, 1.807) is 11.3 Å². The highest BCUT2D eigenvalue weighted by Gasteiger charge is 2.23. The van der Waals surface area contributed by atoms with E-state index in [-0.39, 0.29) is 0 Å². The van der Waals surface area contributed by atoms with Gasteiger partial charge in [0.25, 0.3) is 0 Å². The largest absolute Gasteiger partial charge is 0.239 e. The maximum atomic E-state index is 9.09. The molecule has 2 rings (SSSR count). The topological polar surface area (TPSA) is 36.7 Å². The zero-order valence-electron chi connectivity index (χ0n) is 10.2. The summed E-state index contributed by atoms with van der Waals surface area (Å²) in [6.07, 6.45) is 0. The Morgan fingerprint density at radius 1 is 1.35 bits per heavy atom. The minimum Gasteiger partial charge on any atom is -0.239 e. The second kappa shape index (κ2) is 4.31. The quantitative estimate of drug-likeness (QED) is 0.800. The number of aromatic nitrogens is 1. The molecule has 0 aliphatic heterocycles. The number of nitrogens with zero attached hydrogens (tertiary/aromatic N) is 2. The zero-order chi connectivity index (χ0) is 12.5. The molecule has 2 nitrogen and oxygen atoms in total. The van der Waals surface area contributed by atoms with Gasteiger partial charge in [-0.05, 0) is 26.8 Å². The molecular weight excluding hydrogens is 228 g/mol. The van der Waals surface area contributed by atoms with Gasteiger partial charge in [0.15, 0.2) is 0 Å². The molecular formula is C14H14N2S. The summed E-state index contributed by atoms with van der Waals surface area (Å²) in [5.74, 6) is 0. The number of aryl methyl sites for hydroxylation is 1. The highest BCUT2D eigenvalue weighted by Crippen LogP contribution is 2.29. The van der Waals surface area contributed by atoms with E-state index in [1.807, 2.05) is 25.3 Å². The van der Waals surface area contributed by atoms with E-state index in [1.165, 1.54) is 5.56 Å². The van der Waals surface area contributed by atoms with Gasteiger partial charge < -0.3 is 0 Å². The molecule has 86 valence electrons. The van der Waals surface area contributed by atoms with Crippen molar-refractivity contribution >= 4 is 11.3 Å². The summed E-state index contributed by atoms with van der Waals surface area (Å²) >= 11 is 1.59. The van der Waals surface area contributed by atoms with E-state index in [4.69, 9.17) is 5.26 Å². The average molecular weight is 242 g/mol. The smallest absolute Gasteiger partial charge is 0.123 e. The van der Waals surface area contributed by atoms with Crippen molar-refractivity contribution in [1.29, 1.82) is 5.26 Å². The SMILES string of the molecule is Cc1cccc(-c2nc(C(C)(C)C#N)cs2)c1. The number of hydrogen-bond donors (Lipinski definition) is 0. The van der Waals surface area contributed by atoms with E-state index >= 15 is 0 Å². The lowest BCUT2D eigenvalue weighted by Gasteiger charge is -2.10. The molecule has 1 aromatic heterocycles. The lowest BCUT2D eigenvalue weighted by molar-refractivity contribution is 0.666. The molecule has 0 radical (unpaired) electrons. The highest BCUT2D eigenvalue weighted by atomic mass is 32.1. The van der Waals surface area contributed by atoms with Crippen molar-refractivity contribution in [2.24, 2.45) is 0 Å². The fourth-order valence-electron chi connectivity index (χ4n) is 1.53. The van der Waals surface area contributed by atoms with Crippen LogP contribution in [0.5, 0.6) is 0 Å². The van der Waals surface area contributed by atoms with Crippen molar-refractivity contribution in [2.45, 2.75) is 26.2 Å². The Labute approximate surface area is 106 Å². The molecule has 0 fully saturated rings. The van der Waals surface area contributed by atoms with Gasteiger partial charge in [0.05, 0.1) is 17.2 Å². The summed E-state index contributed by atoms with van der Waals surface area (Å²) in [4.78, 5) is 4.56. The van der Waals surface area contributed by atoms with E-state index in [0.717, 1.165) is 16.3 Å². The number of benzene rings is 1. The second-order valence-corrected chi connectivity index (χ2v) is 5.50. The van der Waals surface area contributed by atoms with Crippen molar-refractivity contribution in [3.8, 4) is 16.6 Å². The summed E-state index contributed by atoms with van der Waals surface area (Å²) in [6.45, 7) is 5.85. The first kappa shape index (κ1) is 11.8. The van der Waals surface area contributed by atoms with Gasteiger partial charge in [-0.1, -0.05) is 23.8 Å². The van der Waals surface area contributed by atoms with Gasteiger partial charge in [-0.2, -0.15) is 5.26 Å². The molecule has 17 heavy (non-hydrogen) atoms. The predicted octanol–water partition coefficient (Wildman–Crippen LogP) is 3.92. The normalized spacial score (nSPS) is 11.2. The van der Waals surface area contributed by atoms with Crippen molar-refractivity contribution in [1.82, 2.24) is 4.98 Å². The second-order valence-electron chi connectivity index (χ2n) is 4.64. The first-order valence-electron chi connectivity index (χ1n) is 5.47. The first-order chi connectivity index (χ1) is 8.03. The number of nitriles is 1. The molecule has 1 heterocycles. The summed E-state index contributed by atoms with van der Waals surface area (Å²) < 4.78 is 0. The van der Waals surface area contributed by atoms with Crippen LogP contribution in [0.25, 0.3) is 10.6 Å². The van der Waals surface area contributed by atoms with Gasteiger partial charge in [0, 0.05) is 10.9 Å². The molecule has 0 amide bonds. The van der Waals surface area contributed by atoms with Crippen LogP contribution in [-0.2, 0) is 5.41 Å². The van der Waals surface area contributed by atoms with Crippen molar-refractivity contribution in [3.63, 3.8) is 0 Å². The van der Waals surface area contributed by atoms with Crippen LogP contribution in [0.2, 0.25) is 0 Å². The Bertz CT molecular complexity index is 576. The third kappa shape index (κ3) is 2.37. The van der Waals surface area contributed by atoms with Gasteiger partial charge in [-0.15, -0.1) is 11.3 Å². The lowest BCUT2D eigenvalue weighted by Crippen LogP contribution is -2.14. The fourth-order valence-corrected chi connectivity index (χ4v) is 2.51. The Balaban J connectivity index is 2.41. The third-order valence-electron chi connectivity index (χ3n) is 2.69. The van der Waals surface area contributed by atoms with Gasteiger partial charge in [0.1, 0.15) is 5.01 Å². The zero-order valence-corrected chi connectivity index (χ0v) is 11.0. The first-order valence-corrected chi connectivity index (χ1v) is 6.35. The molecule has 0 saturated heterocycles. The third-order valence-corrected chi connectivity index (χ3v) is 3.58. The van der Waals surface area contributed by atoms with Crippen molar-refractivity contribution in [3.05, 3.63) is 40.9 Å². The molecule has 2 aromatic rings. The molecule has 0 unspecified atom stereocenters. The molecule has 0 bridgehead atoms. The van der Waals surface area contributed by atoms with Crippen LogP contribution in [0.3, 0.4) is 0 Å². The molecule has 3 heteroatoms. The Morgan fingerprint density at radius 3 is 2.76 bits per heavy atom. The van der Waals surface area contributed by atoms with Crippen LogP contribution in [0.1, 0.15) is 25.1 Å². The molecule has 1 aromatic carbocycles. The molecule has 0 N–H and O–H groups in total. The minimum absolute atomic E-state index is 0.515. The van der Waals surface area contributed by atoms with E-state index in [9.17, 15) is 0 Å². The van der Waals surface area contributed by atoms with Gasteiger partial charge in [-0.25, -0.2) is 4.98 Å². The average Bonchev–Trinajstić information content (AvgIpc) is 2.79. The number of thiazole rings is 1. The summed E-state index contributed by atoms with van der Waals surface area (Å²) in [5, 5.41) is 12.0. The lowest BCUT2D eigenvalue weighted by atomic mass is 9.92. The number of rotatable bonds is 2. The Morgan fingerprint density at radius 2 is 2.12 bits per heavy atom. The van der Waals surface area contributed by atoms with Crippen LogP contribution in [0.15, 0.2) is 29.6 Å². The maximum Gasteiger partial charge on any atom is 0.123 e. The van der Waals surface area contributed by atoms with Gasteiger partial charge in [-0.3, -0.25) is 0 Å². The highest BCUT2D eigenvalue weighted by molar-refractivity contribution is 7.13. The molecule has 0 atom stereocenters. The fraction of sp³-hybridized carbons (Fsp3) is 0.286. The van der Waals surface area contributed by atoms with Gasteiger partial charge >= 0.3 is 0 Å². The van der Waals surface area contributed by atoms with Gasteiger partial charge in [0.2, 0.25) is 0 Å². The summed E-state index contributed by atoms with van der Waals surface area (Å²) in [6, 6.07) is 10.5. The van der Waals surface area contributed by atoms with Crippen LogP contribution in [0.4, 0.5) is 0 Å². The summed E-state index contributed by atoms with van der Waals surface area (Å²) in [7, 11) is 0. The molecule has 0 aliphatic rings. The van der Waals surface area contributed by atoms with E-state index in [0.29, 0.717) is 0 Å². The van der Waals surface area contributed by atoms with E-state index < -0.39 is 5.41 Å². The van der Waals surface area contributed by atoms with Crippen LogP contribution in [-0.4, -0.2) is 4.98 Å². The maximum absolute atomic E-state index is 9.09. The van der Waals surface area contributed by atoms with Crippen LogP contribution < -0.4 is 0 Å². The minimum atomic E-state index is -0.515. The summed E-state index contributed by atoms with van der Waals surface area (Å²) in [5.41, 5.74) is 2.67. The standard InChI is InChI=1S/C14H14N2S/c1-10-5-4-6-11(7-10)13-16-12(8-17-13)14(2,3)9-15/h4-8H,1-3H3. The Kier molecular flexibility index (Phi) is 2.99. The van der Waals surface area contributed by atoms with Crippen LogP contribution in [0, 0.1) is 18.3 Å². The predicted molar refractivity (Wildman–Crippen MR) is 70.9 cm³/mol. The van der Waals surface area contributed by atoms with Crippen molar-refractivity contribution in [2.75, 3.05) is 0 Å². The molecule has 0 spiro atoms. The molecule has 0 saturated carbocycles. The van der Waals surface area contributed by atoms with E-state index in [2.05, 4.69) is 36.2 Å². The van der Waals surface area contributed by atoms with Crippen molar-refractivity contribution < 1.29 is 0 Å². The number of hydrogen-bond acceptors (Lipinski definition) is 3. The molecule has 0 aliphatic carbocycles. The van der Waals surface area contributed by atoms with Crippen LogP contribution >= 0.6 is 11.3 Å².